The van der Waals surface area contributed by atoms with Crippen LogP contribution in [0.15, 0.2) is 0 Å². The largest absolute Gasteiger partial charge is 0.394 e. The normalized spacial score (nSPS) is 50.0. The van der Waals surface area contributed by atoms with Gasteiger partial charge in [0, 0.05) is 0 Å². The molecule has 0 aliphatic carbocycles. The summed E-state index contributed by atoms with van der Waals surface area (Å²) >= 11 is 0. The maximum atomic E-state index is 9.99. The molecule has 0 aromatic heterocycles. The van der Waals surface area contributed by atoms with E-state index in [9.17, 15) is 25.5 Å². The summed E-state index contributed by atoms with van der Waals surface area (Å²) in [6.45, 7) is -1.32. The highest BCUT2D eigenvalue weighted by atomic mass is 16.7. The fourth-order valence-electron chi connectivity index (χ4n) is 2.52. The van der Waals surface area contributed by atoms with Crippen molar-refractivity contribution in [3.8, 4) is 0 Å². The van der Waals surface area contributed by atoms with Crippen molar-refractivity contribution < 1.29 is 50.0 Å². The fraction of sp³-hybridized carbons (Fsp3) is 1.00. The first-order chi connectivity index (χ1) is 10.4. The fourth-order valence-corrected chi connectivity index (χ4v) is 2.52. The molecule has 0 saturated carbocycles. The Bertz CT molecular complexity index is 353. The monoisotopic (exact) mass is 326 g/mol. The van der Waals surface area contributed by atoms with E-state index in [2.05, 4.69) is 0 Å². The lowest BCUT2D eigenvalue weighted by Gasteiger charge is -2.44. The van der Waals surface area contributed by atoms with Crippen LogP contribution >= 0.6 is 0 Å². The van der Waals surface area contributed by atoms with E-state index >= 15 is 0 Å². The molecule has 2 heterocycles. The van der Waals surface area contributed by atoms with Gasteiger partial charge in [0.25, 0.3) is 0 Å². The summed E-state index contributed by atoms with van der Waals surface area (Å²) in [5.74, 6) is 0. The molecule has 10 heteroatoms. The first kappa shape index (κ1) is 17.9. The van der Waals surface area contributed by atoms with Gasteiger partial charge in [0.1, 0.15) is 48.8 Å². The first-order valence-corrected chi connectivity index (χ1v) is 6.95. The van der Waals surface area contributed by atoms with Crippen molar-refractivity contribution in [2.45, 2.75) is 55.1 Å². The quantitative estimate of drug-likeness (QED) is 0.266. The van der Waals surface area contributed by atoms with Gasteiger partial charge >= 0.3 is 0 Å². The minimum Gasteiger partial charge on any atom is -0.394 e. The molecule has 7 N–H and O–H groups in total. The average molecular weight is 326 g/mol. The van der Waals surface area contributed by atoms with Crippen LogP contribution in [0, 0.1) is 0 Å². The van der Waals surface area contributed by atoms with Crippen molar-refractivity contribution in [3.63, 3.8) is 0 Å². The molecule has 9 atom stereocenters. The Balaban J connectivity index is 2.07. The summed E-state index contributed by atoms with van der Waals surface area (Å²) in [6, 6.07) is 0. The molecule has 0 unspecified atom stereocenters. The van der Waals surface area contributed by atoms with Gasteiger partial charge < -0.3 is 50.0 Å². The van der Waals surface area contributed by atoms with Gasteiger partial charge in [0.05, 0.1) is 19.8 Å². The Hall–Kier alpha value is -0.400. The number of aliphatic hydroxyl groups is 7. The second-order valence-corrected chi connectivity index (χ2v) is 5.41. The Morgan fingerprint density at radius 1 is 0.818 bits per heavy atom. The van der Waals surface area contributed by atoms with Gasteiger partial charge in [0.2, 0.25) is 0 Å². The van der Waals surface area contributed by atoms with E-state index in [1.54, 1.807) is 0 Å². The SMILES string of the molecule is OC[C@H]1OC[C@H](O)[C@@H](O[C@@H]2O[C@H](CO)[C@@H](O)[C@H](O)[C@H]2O)[C@H]1O. The van der Waals surface area contributed by atoms with Gasteiger partial charge in [-0.15, -0.1) is 0 Å². The van der Waals surface area contributed by atoms with Gasteiger partial charge in [-0.1, -0.05) is 0 Å². The topological polar surface area (TPSA) is 169 Å². The molecule has 0 aromatic rings. The third-order valence-corrected chi connectivity index (χ3v) is 3.90. The Morgan fingerprint density at radius 3 is 2.05 bits per heavy atom. The van der Waals surface area contributed by atoms with Crippen LogP contribution in [0.2, 0.25) is 0 Å². The summed E-state index contributed by atoms with van der Waals surface area (Å²) in [7, 11) is 0. The molecule has 0 amide bonds. The zero-order valence-electron chi connectivity index (χ0n) is 11.7. The van der Waals surface area contributed by atoms with E-state index < -0.39 is 68.3 Å². The second-order valence-electron chi connectivity index (χ2n) is 5.41. The lowest BCUT2D eigenvalue weighted by molar-refractivity contribution is -0.335. The predicted molar refractivity (Wildman–Crippen MR) is 67.5 cm³/mol. The molecule has 2 saturated heterocycles. The van der Waals surface area contributed by atoms with Crippen molar-refractivity contribution in [2.75, 3.05) is 19.8 Å². The minimum absolute atomic E-state index is 0.204. The van der Waals surface area contributed by atoms with E-state index in [0.29, 0.717) is 0 Å². The van der Waals surface area contributed by atoms with Crippen molar-refractivity contribution in [3.05, 3.63) is 0 Å². The highest BCUT2D eigenvalue weighted by Gasteiger charge is 2.48. The maximum absolute atomic E-state index is 9.99. The van der Waals surface area contributed by atoms with Crippen LogP contribution in [-0.2, 0) is 14.2 Å². The van der Waals surface area contributed by atoms with Gasteiger partial charge in [-0.05, 0) is 0 Å². The highest BCUT2D eigenvalue weighted by Crippen LogP contribution is 2.26. The first-order valence-electron chi connectivity index (χ1n) is 6.95. The standard InChI is InChI=1S/C12H22O10/c13-1-5-8(17)11(4(15)3-20-5)22-12-10(19)9(18)7(16)6(2-14)21-12/h4-19H,1-3H2/t4-,5+,6+,7+,8-,9-,10+,11+,12-/m0/s1. The van der Waals surface area contributed by atoms with Crippen molar-refractivity contribution in [1.82, 2.24) is 0 Å². The Labute approximate surface area is 126 Å². The van der Waals surface area contributed by atoms with Crippen molar-refractivity contribution in [2.24, 2.45) is 0 Å². The number of aliphatic hydroxyl groups excluding tert-OH is 7. The molecule has 2 fully saturated rings. The molecule has 2 rings (SSSR count). The van der Waals surface area contributed by atoms with Crippen LogP contribution in [0.4, 0.5) is 0 Å². The highest BCUT2D eigenvalue weighted by molar-refractivity contribution is 4.92. The summed E-state index contributed by atoms with van der Waals surface area (Å²) in [6.07, 6.45) is -12.3. The lowest BCUT2D eigenvalue weighted by atomic mass is 9.97. The minimum atomic E-state index is -1.65. The van der Waals surface area contributed by atoms with Gasteiger partial charge in [-0.3, -0.25) is 0 Å². The molecule has 0 radical (unpaired) electrons. The van der Waals surface area contributed by atoms with E-state index in [0.717, 1.165) is 0 Å². The third-order valence-electron chi connectivity index (χ3n) is 3.90. The van der Waals surface area contributed by atoms with Gasteiger partial charge in [-0.25, -0.2) is 0 Å². The van der Waals surface area contributed by atoms with E-state index in [1.165, 1.54) is 0 Å². The van der Waals surface area contributed by atoms with Crippen LogP contribution in [-0.4, -0.2) is 111 Å². The van der Waals surface area contributed by atoms with Crippen LogP contribution in [0.5, 0.6) is 0 Å². The van der Waals surface area contributed by atoms with Crippen LogP contribution in [0.3, 0.4) is 0 Å². The number of hydrogen-bond acceptors (Lipinski definition) is 10. The third kappa shape index (κ3) is 3.41. The average Bonchev–Trinajstić information content (AvgIpc) is 2.51. The zero-order valence-corrected chi connectivity index (χ0v) is 11.7. The molecular formula is C12H22O10. The lowest BCUT2D eigenvalue weighted by Crippen LogP contribution is -2.63. The second kappa shape index (κ2) is 7.45. The predicted octanol–water partition coefficient (Wildman–Crippen LogP) is -4.72. The number of rotatable bonds is 4. The zero-order chi connectivity index (χ0) is 16.4. The Morgan fingerprint density at radius 2 is 1.45 bits per heavy atom. The molecule has 0 aromatic carbocycles. The summed E-state index contributed by atoms with van der Waals surface area (Å²) < 4.78 is 15.5. The van der Waals surface area contributed by atoms with Gasteiger partial charge in [-0.2, -0.15) is 0 Å². The molecule has 0 bridgehead atoms. The van der Waals surface area contributed by atoms with Gasteiger partial charge in [0.15, 0.2) is 6.29 Å². The molecule has 2 aliphatic rings. The summed E-state index contributed by atoms with van der Waals surface area (Å²) in [4.78, 5) is 0. The summed E-state index contributed by atoms with van der Waals surface area (Å²) in [5, 5.41) is 67.2. The number of hydrogen-bond donors (Lipinski definition) is 7. The van der Waals surface area contributed by atoms with E-state index in [-0.39, 0.29) is 6.61 Å². The smallest absolute Gasteiger partial charge is 0.187 e. The molecular weight excluding hydrogens is 304 g/mol. The maximum Gasteiger partial charge on any atom is 0.187 e. The molecule has 2 aliphatic heterocycles. The molecule has 0 spiro atoms. The van der Waals surface area contributed by atoms with Crippen molar-refractivity contribution in [1.29, 1.82) is 0 Å². The van der Waals surface area contributed by atoms with E-state index in [4.69, 9.17) is 24.4 Å². The molecule has 22 heavy (non-hydrogen) atoms. The molecule has 130 valence electrons. The van der Waals surface area contributed by atoms with Crippen LogP contribution in [0.25, 0.3) is 0 Å². The number of ether oxygens (including phenoxy) is 3. The Kier molecular flexibility index (Phi) is 6.07. The van der Waals surface area contributed by atoms with Crippen LogP contribution in [0.1, 0.15) is 0 Å². The van der Waals surface area contributed by atoms with Crippen molar-refractivity contribution >= 4 is 0 Å². The molecule has 10 nitrogen and oxygen atoms in total. The summed E-state index contributed by atoms with van der Waals surface area (Å²) in [5.41, 5.74) is 0. The van der Waals surface area contributed by atoms with E-state index in [1.807, 2.05) is 0 Å². The van der Waals surface area contributed by atoms with Crippen LogP contribution < -0.4 is 0 Å².